The van der Waals surface area contributed by atoms with Crippen LogP contribution in [0, 0.1) is 0 Å². The van der Waals surface area contributed by atoms with Crippen molar-refractivity contribution in [2.24, 2.45) is 0 Å². The first-order valence-corrected chi connectivity index (χ1v) is 8.49. The Morgan fingerprint density at radius 1 is 1.35 bits per heavy atom. The number of aliphatic hydroxyl groups excluding tert-OH is 1. The number of hydrogen-bond acceptors (Lipinski definition) is 4. The molecule has 2 atom stereocenters. The average Bonchev–Trinajstić information content (AvgIpc) is 2.38. The Hall–Kier alpha value is -1.11. The zero-order valence-corrected chi connectivity index (χ0v) is 12.5. The fourth-order valence-electron chi connectivity index (χ4n) is 2.72. The maximum Gasteiger partial charge on any atom is 0.218 e. The highest BCUT2D eigenvalue weighted by Gasteiger charge is 2.33. The van der Waals surface area contributed by atoms with E-state index in [1.165, 1.54) is 4.31 Å². The van der Waals surface area contributed by atoms with E-state index in [-0.39, 0.29) is 11.8 Å². The van der Waals surface area contributed by atoms with Crippen molar-refractivity contribution in [3.63, 3.8) is 0 Å². The number of nitrogens with two attached hydrogens (primary N) is 1. The molecule has 112 valence electrons. The molecule has 6 heteroatoms. The molecule has 3 N–H and O–H groups in total. The molecule has 1 aliphatic rings. The summed E-state index contributed by atoms with van der Waals surface area (Å²) in [6.45, 7) is 0. The minimum absolute atomic E-state index is 0.0856. The number of benzene rings is 1. The van der Waals surface area contributed by atoms with Gasteiger partial charge >= 0.3 is 0 Å². The SMILES string of the molecule is CN(C1CCCCC1O)S(=O)(=O)Cc1cccc(N)c1. The van der Waals surface area contributed by atoms with Crippen molar-refractivity contribution in [2.45, 2.75) is 43.6 Å². The molecule has 0 spiro atoms. The third-order valence-corrected chi connectivity index (χ3v) is 5.75. The molecule has 0 bridgehead atoms. The molecular weight excluding hydrogens is 276 g/mol. The summed E-state index contributed by atoms with van der Waals surface area (Å²) in [4.78, 5) is 0. The van der Waals surface area contributed by atoms with Crippen molar-refractivity contribution in [1.82, 2.24) is 4.31 Å². The van der Waals surface area contributed by atoms with Gasteiger partial charge in [0, 0.05) is 12.7 Å². The fourth-order valence-corrected chi connectivity index (χ4v) is 4.18. The summed E-state index contributed by atoms with van der Waals surface area (Å²) < 4.78 is 26.2. The monoisotopic (exact) mass is 298 g/mol. The standard InChI is InChI=1S/C14H22N2O3S/c1-16(13-7-2-3-8-14(13)17)20(18,19)10-11-5-4-6-12(15)9-11/h4-6,9,13-14,17H,2-3,7-8,10,15H2,1H3. The van der Waals surface area contributed by atoms with Gasteiger partial charge in [-0.25, -0.2) is 8.42 Å². The molecule has 20 heavy (non-hydrogen) atoms. The van der Waals surface area contributed by atoms with Crippen LogP contribution in [-0.2, 0) is 15.8 Å². The second-order valence-corrected chi connectivity index (χ2v) is 7.47. The van der Waals surface area contributed by atoms with E-state index >= 15 is 0 Å². The normalized spacial score (nSPS) is 23.9. The lowest BCUT2D eigenvalue weighted by molar-refractivity contribution is 0.0637. The van der Waals surface area contributed by atoms with E-state index in [0.29, 0.717) is 24.1 Å². The first-order valence-electron chi connectivity index (χ1n) is 6.88. The molecule has 0 heterocycles. The molecule has 1 saturated carbocycles. The van der Waals surface area contributed by atoms with Gasteiger partial charge in [0.15, 0.2) is 0 Å². The summed E-state index contributed by atoms with van der Waals surface area (Å²) in [5, 5.41) is 9.99. The molecule has 1 aliphatic carbocycles. The van der Waals surface area contributed by atoms with Gasteiger partial charge < -0.3 is 10.8 Å². The Morgan fingerprint density at radius 2 is 2.05 bits per heavy atom. The number of nitrogens with zero attached hydrogens (tertiary/aromatic N) is 1. The van der Waals surface area contributed by atoms with Crippen molar-refractivity contribution >= 4 is 15.7 Å². The largest absolute Gasteiger partial charge is 0.399 e. The zero-order valence-electron chi connectivity index (χ0n) is 11.7. The molecule has 2 unspecified atom stereocenters. The lowest BCUT2D eigenvalue weighted by atomic mass is 9.93. The average molecular weight is 298 g/mol. The predicted octanol–water partition coefficient (Wildman–Crippen LogP) is 1.33. The van der Waals surface area contributed by atoms with E-state index in [9.17, 15) is 13.5 Å². The summed E-state index contributed by atoms with van der Waals surface area (Å²) in [6, 6.07) is 6.58. The van der Waals surface area contributed by atoms with Gasteiger partial charge in [-0.2, -0.15) is 4.31 Å². The molecular formula is C14H22N2O3S. The summed E-state index contributed by atoms with van der Waals surface area (Å²) in [7, 11) is -1.89. The van der Waals surface area contributed by atoms with Crippen molar-refractivity contribution in [2.75, 3.05) is 12.8 Å². The third kappa shape index (κ3) is 3.50. The molecule has 2 rings (SSSR count). The summed E-state index contributed by atoms with van der Waals surface area (Å²) in [6.07, 6.45) is 2.74. The van der Waals surface area contributed by atoms with Gasteiger partial charge in [0.2, 0.25) is 10.0 Å². The maximum absolute atomic E-state index is 12.4. The second-order valence-electron chi connectivity index (χ2n) is 5.44. The highest BCUT2D eigenvalue weighted by atomic mass is 32.2. The highest BCUT2D eigenvalue weighted by Crippen LogP contribution is 2.25. The fraction of sp³-hybridized carbons (Fsp3) is 0.571. The van der Waals surface area contributed by atoms with Crippen LogP contribution >= 0.6 is 0 Å². The van der Waals surface area contributed by atoms with Crippen LogP contribution in [0.3, 0.4) is 0 Å². The molecule has 0 saturated heterocycles. The Labute approximate surface area is 120 Å². The first-order chi connectivity index (χ1) is 9.40. The van der Waals surface area contributed by atoms with Crippen LogP contribution in [0.2, 0.25) is 0 Å². The van der Waals surface area contributed by atoms with Crippen molar-refractivity contribution in [3.05, 3.63) is 29.8 Å². The molecule has 1 fully saturated rings. The van der Waals surface area contributed by atoms with Crippen LogP contribution in [0.25, 0.3) is 0 Å². The van der Waals surface area contributed by atoms with Crippen LogP contribution in [-0.4, -0.2) is 37.0 Å². The van der Waals surface area contributed by atoms with Crippen LogP contribution < -0.4 is 5.73 Å². The second kappa shape index (κ2) is 6.11. The lowest BCUT2D eigenvalue weighted by Gasteiger charge is -2.34. The Bertz CT molecular complexity index is 559. The zero-order chi connectivity index (χ0) is 14.8. The number of anilines is 1. The molecule has 0 radical (unpaired) electrons. The Kier molecular flexibility index (Phi) is 4.67. The number of sulfonamides is 1. The third-order valence-electron chi connectivity index (χ3n) is 3.90. The Balaban J connectivity index is 2.13. The maximum atomic E-state index is 12.4. The summed E-state index contributed by atoms with van der Waals surface area (Å²) >= 11 is 0. The van der Waals surface area contributed by atoms with Crippen molar-refractivity contribution < 1.29 is 13.5 Å². The van der Waals surface area contributed by atoms with Crippen molar-refractivity contribution in [1.29, 1.82) is 0 Å². The number of likely N-dealkylation sites (N-methyl/N-ethyl adjacent to an activating group) is 1. The topological polar surface area (TPSA) is 83.6 Å². The van der Waals surface area contributed by atoms with E-state index in [1.807, 2.05) is 0 Å². The van der Waals surface area contributed by atoms with E-state index in [4.69, 9.17) is 5.73 Å². The number of rotatable bonds is 4. The van der Waals surface area contributed by atoms with Gasteiger partial charge in [-0.3, -0.25) is 0 Å². The Morgan fingerprint density at radius 3 is 2.70 bits per heavy atom. The van der Waals surface area contributed by atoms with Gasteiger partial charge in [-0.1, -0.05) is 25.0 Å². The van der Waals surface area contributed by atoms with E-state index in [0.717, 1.165) is 12.8 Å². The quantitative estimate of drug-likeness (QED) is 0.822. The smallest absolute Gasteiger partial charge is 0.218 e. The number of nitrogen functional groups attached to an aromatic ring is 1. The lowest BCUT2D eigenvalue weighted by Crippen LogP contribution is -2.46. The molecule has 0 amide bonds. The van der Waals surface area contributed by atoms with Crippen LogP contribution in [0.1, 0.15) is 31.2 Å². The van der Waals surface area contributed by atoms with E-state index in [2.05, 4.69) is 0 Å². The highest BCUT2D eigenvalue weighted by molar-refractivity contribution is 7.88. The van der Waals surface area contributed by atoms with Gasteiger partial charge in [0.25, 0.3) is 0 Å². The van der Waals surface area contributed by atoms with Crippen LogP contribution in [0.4, 0.5) is 5.69 Å². The van der Waals surface area contributed by atoms with Crippen molar-refractivity contribution in [3.8, 4) is 0 Å². The van der Waals surface area contributed by atoms with E-state index < -0.39 is 16.1 Å². The van der Waals surface area contributed by atoms with Gasteiger partial charge in [-0.15, -0.1) is 0 Å². The molecule has 5 nitrogen and oxygen atoms in total. The number of hydrogen-bond donors (Lipinski definition) is 2. The first kappa shape index (κ1) is 15.3. The van der Waals surface area contributed by atoms with Crippen LogP contribution in [0.5, 0.6) is 0 Å². The summed E-state index contributed by atoms with van der Waals surface area (Å²) in [5.74, 6) is -0.0856. The number of aliphatic hydroxyl groups is 1. The van der Waals surface area contributed by atoms with Gasteiger partial charge in [0.1, 0.15) is 0 Å². The van der Waals surface area contributed by atoms with Gasteiger partial charge in [-0.05, 0) is 30.5 Å². The summed E-state index contributed by atoms with van der Waals surface area (Å²) in [5.41, 5.74) is 6.89. The molecule has 0 aromatic heterocycles. The molecule has 0 aliphatic heterocycles. The minimum Gasteiger partial charge on any atom is -0.399 e. The van der Waals surface area contributed by atoms with E-state index in [1.54, 1.807) is 31.3 Å². The predicted molar refractivity (Wildman–Crippen MR) is 79.5 cm³/mol. The molecule has 1 aromatic carbocycles. The van der Waals surface area contributed by atoms with Gasteiger partial charge in [0.05, 0.1) is 17.9 Å². The molecule has 1 aromatic rings. The van der Waals surface area contributed by atoms with Crippen LogP contribution in [0.15, 0.2) is 24.3 Å². The minimum atomic E-state index is -3.44.